The number of phenolic OH excluding ortho intramolecular Hbond substituents is 1. The Kier molecular flexibility index (Phi) is 4.35. The lowest BCUT2D eigenvalue weighted by Gasteiger charge is -2.09. The van der Waals surface area contributed by atoms with Gasteiger partial charge < -0.3 is 10.8 Å². The molecule has 0 heterocycles. The molecule has 3 N–H and O–H groups in total. The summed E-state index contributed by atoms with van der Waals surface area (Å²) in [5, 5.41) is 17.9. The zero-order chi connectivity index (χ0) is 10.0. The van der Waals surface area contributed by atoms with Crippen LogP contribution in [0.15, 0.2) is 12.1 Å². The number of hydrogen-bond donors (Lipinski definition) is 2. The molecular formula is C9H10ClFN2O. The van der Waals surface area contributed by atoms with Crippen LogP contribution in [-0.2, 0) is 0 Å². The van der Waals surface area contributed by atoms with E-state index in [2.05, 4.69) is 0 Å². The Bertz CT molecular complexity index is 374. The Balaban J connectivity index is 0.00000169. The molecule has 0 amide bonds. The van der Waals surface area contributed by atoms with Crippen LogP contribution >= 0.6 is 12.4 Å². The number of aromatic hydroxyl groups is 1. The number of hydrogen-bond acceptors (Lipinski definition) is 3. The molecule has 0 unspecified atom stereocenters. The molecule has 1 atom stereocenters. The van der Waals surface area contributed by atoms with Gasteiger partial charge in [0, 0.05) is 11.6 Å². The monoisotopic (exact) mass is 216 g/mol. The molecule has 0 fully saturated rings. The molecule has 3 nitrogen and oxygen atoms in total. The van der Waals surface area contributed by atoms with Crippen molar-refractivity contribution in [1.29, 1.82) is 5.26 Å². The summed E-state index contributed by atoms with van der Waals surface area (Å²) in [6.45, 7) is 1.65. The molecule has 0 aliphatic rings. The molecule has 1 aromatic carbocycles. The third-order valence-electron chi connectivity index (χ3n) is 1.76. The van der Waals surface area contributed by atoms with E-state index < -0.39 is 11.9 Å². The zero-order valence-corrected chi connectivity index (χ0v) is 8.31. The van der Waals surface area contributed by atoms with Crippen molar-refractivity contribution in [2.75, 3.05) is 0 Å². The van der Waals surface area contributed by atoms with Crippen molar-refractivity contribution in [2.45, 2.75) is 13.0 Å². The highest BCUT2D eigenvalue weighted by Crippen LogP contribution is 2.27. The second kappa shape index (κ2) is 4.80. The number of nitriles is 1. The van der Waals surface area contributed by atoms with Gasteiger partial charge in [-0.2, -0.15) is 5.26 Å². The van der Waals surface area contributed by atoms with Gasteiger partial charge in [-0.3, -0.25) is 0 Å². The Morgan fingerprint density at radius 1 is 1.57 bits per heavy atom. The van der Waals surface area contributed by atoms with E-state index in [1.54, 1.807) is 13.0 Å². The van der Waals surface area contributed by atoms with E-state index in [1.165, 1.54) is 6.07 Å². The van der Waals surface area contributed by atoms with Crippen molar-refractivity contribution >= 4 is 12.4 Å². The van der Waals surface area contributed by atoms with Crippen LogP contribution in [-0.4, -0.2) is 5.11 Å². The van der Waals surface area contributed by atoms with Crippen LogP contribution in [0, 0.1) is 17.1 Å². The van der Waals surface area contributed by atoms with E-state index in [4.69, 9.17) is 11.0 Å². The highest BCUT2D eigenvalue weighted by Gasteiger charge is 2.14. The van der Waals surface area contributed by atoms with Gasteiger partial charge in [-0.1, -0.05) is 6.07 Å². The van der Waals surface area contributed by atoms with Gasteiger partial charge >= 0.3 is 0 Å². The minimum Gasteiger partial charge on any atom is -0.506 e. The summed E-state index contributed by atoms with van der Waals surface area (Å²) >= 11 is 0. The summed E-state index contributed by atoms with van der Waals surface area (Å²) in [6.07, 6.45) is 0. The maximum absolute atomic E-state index is 12.9. The molecular weight excluding hydrogens is 207 g/mol. The second-order valence-corrected chi connectivity index (χ2v) is 2.76. The van der Waals surface area contributed by atoms with Crippen LogP contribution in [0.5, 0.6) is 5.75 Å². The molecule has 0 saturated heterocycles. The molecule has 0 aliphatic carbocycles. The van der Waals surface area contributed by atoms with Crippen molar-refractivity contribution in [3.05, 3.63) is 29.1 Å². The van der Waals surface area contributed by atoms with Crippen LogP contribution in [0.3, 0.4) is 0 Å². The van der Waals surface area contributed by atoms with E-state index in [0.717, 1.165) is 6.07 Å². The van der Waals surface area contributed by atoms with Crippen molar-refractivity contribution in [3.8, 4) is 11.8 Å². The summed E-state index contributed by atoms with van der Waals surface area (Å²) in [7, 11) is 0. The standard InChI is InChI=1S/C9H9FN2O.ClH/c1-5(12)6-2-3-8(10)7(4-11)9(6)13;/h2-3,5,13H,12H2,1H3;1H/t5-;/m1./s1. The summed E-state index contributed by atoms with van der Waals surface area (Å²) in [5.41, 5.74) is 5.52. The maximum atomic E-state index is 12.9. The van der Waals surface area contributed by atoms with Crippen molar-refractivity contribution in [3.63, 3.8) is 0 Å². The molecule has 1 aromatic rings. The first kappa shape index (κ1) is 12.7. The summed E-state index contributed by atoms with van der Waals surface area (Å²) in [4.78, 5) is 0. The van der Waals surface area contributed by atoms with Gasteiger partial charge in [0.05, 0.1) is 0 Å². The van der Waals surface area contributed by atoms with Gasteiger partial charge in [-0.15, -0.1) is 12.4 Å². The van der Waals surface area contributed by atoms with E-state index >= 15 is 0 Å². The molecule has 1 rings (SSSR count). The lowest BCUT2D eigenvalue weighted by atomic mass is 10.0. The van der Waals surface area contributed by atoms with Gasteiger partial charge in [0.25, 0.3) is 0 Å². The Morgan fingerprint density at radius 3 is 2.57 bits per heavy atom. The van der Waals surface area contributed by atoms with Gasteiger partial charge in [0.1, 0.15) is 23.2 Å². The average molecular weight is 217 g/mol. The lowest BCUT2D eigenvalue weighted by molar-refractivity contribution is 0.455. The first-order valence-corrected chi connectivity index (χ1v) is 3.75. The molecule has 14 heavy (non-hydrogen) atoms. The Labute approximate surface area is 87.4 Å². The quantitative estimate of drug-likeness (QED) is 0.753. The third-order valence-corrected chi connectivity index (χ3v) is 1.76. The number of halogens is 2. The van der Waals surface area contributed by atoms with Crippen LogP contribution in [0.25, 0.3) is 0 Å². The van der Waals surface area contributed by atoms with Crippen LogP contribution in [0.1, 0.15) is 24.1 Å². The number of benzene rings is 1. The molecule has 0 aromatic heterocycles. The Morgan fingerprint density at radius 2 is 2.14 bits per heavy atom. The van der Waals surface area contributed by atoms with Gasteiger partial charge in [0.2, 0.25) is 0 Å². The van der Waals surface area contributed by atoms with Gasteiger partial charge in [0.15, 0.2) is 0 Å². The third kappa shape index (κ3) is 2.13. The molecule has 0 aliphatic heterocycles. The fraction of sp³-hybridized carbons (Fsp3) is 0.222. The molecule has 76 valence electrons. The summed E-state index contributed by atoms with van der Waals surface area (Å²) in [5.74, 6) is -1.10. The number of nitrogens with zero attached hydrogens (tertiary/aromatic N) is 1. The maximum Gasteiger partial charge on any atom is 0.144 e. The second-order valence-electron chi connectivity index (χ2n) is 2.76. The average Bonchev–Trinajstić information content (AvgIpc) is 2.04. The molecule has 0 spiro atoms. The number of nitrogens with two attached hydrogens (primary N) is 1. The van der Waals surface area contributed by atoms with Crippen molar-refractivity contribution in [1.82, 2.24) is 0 Å². The Hall–Kier alpha value is -1.31. The summed E-state index contributed by atoms with van der Waals surface area (Å²) < 4.78 is 12.9. The molecule has 5 heteroatoms. The highest BCUT2D eigenvalue weighted by atomic mass is 35.5. The van der Waals surface area contributed by atoms with E-state index in [1.807, 2.05) is 0 Å². The van der Waals surface area contributed by atoms with Crippen molar-refractivity contribution < 1.29 is 9.50 Å². The first-order chi connectivity index (χ1) is 6.07. The van der Waals surface area contributed by atoms with Crippen molar-refractivity contribution in [2.24, 2.45) is 5.73 Å². The van der Waals surface area contributed by atoms with E-state index in [9.17, 15) is 9.50 Å². The van der Waals surface area contributed by atoms with Crippen LogP contribution in [0.2, 0.25) is 0 Å². The molecule has 0 radical (unpaired) electrons. The highest BCUT2D eigenvalue weighted by molar-refractivity contribution is 5.85. The first-order valence-electron chi connectivity index (χ1n) is 3.75. The fourth-order valence-corrected chi connectivity index (χ4v) is 1.06. The van der Waals surface area contributed by atoms with E-state index in [-0.39, 0.29) is 23.7 Å². The van der Waals surface area contributed by atoms with Crippen LogP contribution in [0.4, 0.5) is 4.39 Å². The smallest absolute Gasteiger partial charge is 0.144 e. The minimum absolute atomic E-state index is 0. The van der Waals surface area contributed by atoms with Gasteiger partial charge in [-0.05, 0) is 13.0 Å². The minimum atomic E-state index is -0.732. The lowest BCUT2D eigenvalue weighted by Crippen LogP contribution is -2.06. The molecule has 0 bridgehead atoms. The zero-order valence-electron chi connectivity index (χ0n) is 7.49. The summed E-state index contributed by atoms with van der Waals surface area (Å²) in [6, 6.07) is 3.65. The normalized spacial score (nSPS) is 11.3. The predicted molar refractivity (Wildman–Crippen MR) is 52.6 cm³/mol. The van der Waals surface area contributed by atoms with Gasteiger partial charge in [-0.25, -0.2) is 4.39 Å². The number of rotatable bonds is 1. The topological polar surface area (TPSA) is 70.0 Å². The van der Waals surface area contributed by atoms with E-state index in [0.29, 0.717) is 5.56 Å². The number of phenols is 1. The molecule has 0 saturated carbocycles. The largest absolute Gasteiger partial charge is 0.506 e. The fourth-order valence-electron chi connectivity index (χ4n) is 1.06. The predicted octanol–water partition coefficient (Wildman–Crippen LogP) is 1.84. The van der Waals surface area contributed by atoms with Crippen LogP contribution < -0.4 is 5.73 Å². The SMILES string of the molecule is C[C@@H](N)c1ccc(F)c(C#N)c1O.Cl.